The predicted molar refractivity (Wildman–Crippen MR) is 64.2 cm³/mol. The van der Waals surface area contributed by atoms with E-state index in [1.807, 2.05) is 0 Å². The molecule has 5 nitrogen and oxygen atoms in total. The molecule has 2 rings (SSSR count). The summed E-state index contributed by atoms with van der Waals surface area (Å²) in [5.74, 6) is 5.23. The van der Waals surface area contributed by atoms with Crippen molar-refractivity contribution in [2.75, 3.05) is 7.11 Å². The molecule has 1 atom stereocenters. The molecule has 1 aromatic carbocycles. The van der Waals surface area contributed by atoms with Gasteiger partial charge in [-0.25, -0.2) is 9.82 Å². The number of hydrogen-bond acceptors (Lipinski definition) is 5. The minimum absolute atomic E-state index is 0.189. The van der Waals surface area contributed by atoms with Gasteiger partial charge in [0.05, 0.1) is 25.0 Å². The van der Waals surface area contributed by atoms with Crippen molar-refractivity contribution in [3.05, 3.63) is 53.9 Å². The molecule has 0 spiro atoms. The maximum absolute atomic E-state index is 13.6. The molecule has 18 heavy (non-hydrogen) atoms. The van der Waals surface area contributed by atoms with Crippen LogP contribution in [0.15, 0.2) is 36.8 Å². The van der Waals surface area contributed by atoms with E-state index >= 15 is 0 Å². The first-order valence-electron chi connectivity index (χ1n) is 5.31. The van der Waals surface area contributed by atoms with Crippen molar-refractivity contribution in [1.82, 2.24) is 15.4 Å². The normalized spacial score (nSPS) is 12.2. The van der Waals surface area contributed by atoms with Gasteiger partial charge in [-0.1, -0.05) is 6.07 Å². The molecule has 0 saturated heterocycles. The van der Waals surface area contributed by atoms with E-state index < -0.39 is 11.9 Å². The molecular weight excluding hydrogens is 235 g/mol. The van der Waals surface area contributed by atoms with Gasteiger partial charge in [0.2, 0.25) is 0 Å². The summed E-state index contributed by atoms with van der Waals surface area (Å²) in [5, 5.41) is 0. The molecule has 0 bridgehead atoms. The second kappa shape index (κ2) is 5.52. The lowest BCUT2D eigenvalue weighted by molar-refractivity contribution is 0.385. The van der Waals surface area contributed by atoms with Gasteiger partial charge < -0.3 is 4.74 Å². The van der Waals surface area contributed by atoms with Gasteiger partial charge in [0.15, 0.2) is 11.6 Å². The first-order chi connectivity index (χ1) is 8.76. The lowest BCUT2D eigenvalue weighted by Crippen LogP contribution is -2.29. The van der Waals surface area contributed by atoms with Crippen LogP contribution in [-0.4, -0.2) is 17.1 Å². The number of rotatable bonds is 4. The first-order valence-corrected chi connectivity index (χ1v) is 5.31. The molecule has 1 aromatic heterocycles. The summed E-state index contributed by atoms with van der Waals surface area (Å²) in [5.41, 5.74) is 3.85. The molecular formula is C12H13FN4O. The van der Waals surface area contributed by atoms with Gasteiger partial charge in [-0.3, -0.25) is 15.8 Å². The zero-order valence-corrected chi connectivity index (χ0v) is 9.80. The number of hydrogen-bond donors (Lipinski definition) is 2. The van der Waals surface area contributed by atoms with Crippen LogP contribution in [0.2, 0.25) is 0 Å². The van der Waals surface area contributed by atoms with Gasteiger partial charge >= 0.3 is 0 Å². The monoisotopic (exact) mass is 248 g/mol. The summed E-state index contributed by atoms with van der Waals surface area (Å²) in [4.78, 5) is 8.10. The Balaban J connectivity index is 2.37. The van der Waals surface area contributed by atoms with E-state index in [-0.39, 0.29) is 5.75 Å². The number of methoxy groups -OCH3 is 1. The average molecular weight is 248 g/mol. The van der Waals surface area contributed by atoms with E-state index in [1.54, 1.807) is 30.7 Å². The Hall–Kier alpha value is -2.05. The van der Waals surface area contributed by atoms with Crippen LogP contribution in [0.5, 0.6) is 5.75 Å². The van der Waals surface area contributed by atoms with Crippen molar-refractivity contribution < 1.29 is 9.13 Å². The number of hydrazine groups is 1. The van der Waals surface area contributed by atoms with Gasteiger partial charge in [0.25, 0.3) is 0 Å². The lowest BCUT2D eigenvalue weighted by Gasteiger charge is -2.16. The number of nitrogens with one attached hydrogen (secondary N) is 1. The van der Waals surface area contributed by atoms with Crippen molar-refractivity contribution in [3.8, 4) is 5.75 Å². The number of benzene rings is 1. The van der Waals surface area contributed by atoms with E-state index in [1.165, 1.54) is 13.2 Å². The highest BCUT2D eigenvalue weighted by molar-refractivity contribution is 5.34. The Morgan fingerprint density at radius 3 is 2.78 bits per heavy atom. The van der Waals surface area contributed by atoms with Crippen LogP contribution in [0.25, 0.3) is 0 Å². The Kier molecular flexibility index (Phi) is 3.81. The van der Waals surface area contributed by atoms with Crippen LogP contribution < -0.4 is 16.0 Å². The Bertz CT molecular complexity index is 521. The van der Waals surface area contributed by atoms with E-state index in [9.17, 15) is 4.39 Å². The Morgan fingerprint density at radius 1 is 1.39 bits per heavy atom. The molecule has 0 aliphatic heterocycles. The SMILES string of the molecule is COc1ccc(C(NN)c2cnccn2)cc1F. The summed E-state index contributed by atoms with van der Waals surface area (Å²) < 4.78 is 18.5. The minimum Gasteiger partial charge on any atom is -0.494 e. The number of nitrogens with zero attached hydrogens (tertiary/aromatic N) is 2. The zero-order chi connectivity index (χ0) is 13.0. The van der Waals surface area contributed by atoms with Crippen molar-refractivity contribution in [2.24, 2.45) is 5.84 Å². The van der Waals surface area contributed by atoms with Crippen molar-refractivity contribution in [3.63, 3.8) is 0 Å². The molecule has 0 radical (unpaired) electrons. The molecule has 3 N–H and O–H groups in total. The van der Waals surface area contributed by atoms with Gasteiger partial charge in [0, 0.05) is 12.4 Å². The standard InChI is InChI=1S/C12H13FN4O/c1-18-11-3-2-8(6-9(11)13)12(17-14)10-7-15-4-5-16-10/h2-7,12,17H,14H2,1H3. The highest BCUT2D eigenvalue weighted by atomic mass is 19.1. The first kappa shape index (κ1) is 12.4. The number of halogens is 1. The van der Waals surface area contributed by atoms with Crippen LogP contribution in [0.1, 0.15) is 17.3 Å². The quantitative estimate of drug-likeness (QED) is 0.628. The molecule has 6 heteroatoms. The second-order valence-corrected chi connectivity index (χ2v) is 3.62. The second-order valence-electron chi connectivity index (χ2n) is 3.62. The molecule has 0 aliphatic rings. The van der Waals surface area contributed by atoms with E-state index in [0.717, 1.165) is 0 Å². The molecule has 94 valence electrons. The summed E-state index contributed by atoms with van der Waals surface area (Å²) in [6, 6.07) is 4.21. The molecule has 0 saturated carbocycles. The molecule has 0 fully saturated rings. The van der Waals surface area contributed by atoms with E-state index in [2.05, 4.69) is 15.4 Å². The zero-order valence-electron chi connectivity index (χ0n) is 9.80. The molecule has 0 amide bonds. The van der Waals surface area contributed by atoms with Gasteiger partial charge in [-0.15, -0.1) is 0 Å². The third kappa shape index (κ3) is 2.44. The van der Waals surface area contributed by atoms with Gasteiger partial charge in [-0.05, 0) is 17.7 Å². The van der Waals surface area contributed by atoms with Crippen LogP contribution in [0, 0.1) is 5.82 Å². The molecule has 0 aliphatic carbocycles. The molecule has 1 heterocycles. The van der Waals surface area contributed by atoms with Gasteiger partial charge in [0.1, 0.15) is 0 Å². The fourth-order valence-electron chi connectivity index (χ4n) is 1.67. The number of ether oxygens (including phenoxy) is 1. The number of aromatic nitrogens is 2. The summed E-state index contributed by atoms with van der Waals surface area (Å²) >= 11 is 0. The van der Waals surface area contributed by atoms with E-state index in [4.69, 9.17) is 10.6 Å². The number of nitrogens with two attached hydrogens (primary N) is 1. The molecule has 1 unspecified atom stereocenters. The maximum atomic E-state index is 13.6. The largest absolute Gasteiger partial charge is 0.494 e. The summed E-state index contributed by atoms with van der Waals surface area (Å²) in [6.45, 7) is 0. The van der Waals surface area contributed by atoms with Crippen molar-refractivity contribution in [1.29, 1.82) is 0 Å². The van der Waals surface area contributed by atoms with Crippen LogP contribution >= 0.6 is 0 Å². The third-order valence-corrected chi connectivity index (χ3v) is 2.55. The average Bonchev–Trinajstić information content (AvgIpc) is 2.41. The fourth-order valence-corrected chi connectivity index (χ4v) is 1.67. The highest BCUT2D eigenvalue weighted by Gasteiger charge is 2.15. The van der Waals surface area contributed by atoms with Gasteiger partial charge in [-0.2, -0.15) is 0 Å². The van der Waals surface area contributed by atoms with Crippen LogP contribution in [0.4, 0.5) is 4.39 Å². The minimum atomic E-state index is -0.445. The highest BCUT2D eigenvalue weighted by Crippen LogP contribution is 2.24. The van der Waals surface area contributed by atoms with Crippen LogP contribution in [-0.2, 0) is 0 Å². The Morgan fingerprint density at radius 2 is 2.22 bits per heavy atom. The Labute approximate surface area is 104 Å². The summed E-state index contributed by atoms with van der Waals surface area (Å²) in [7, 11) is 1.42. The topological polar surface area (TPSA) is 73.1 Å². The lowest BCUT2D eigenvalue weighted by atomic mass is 10.0. The molecule has 2 aromatic rings. The van der Waals surface area contributed by atoms with Crippen molar-refractivity contribution in [2.45, 2.75) is 6.04 Å². The smallest absolute Gasteiger partial charge is 0.165 e. The third-order valence-electron chi connectivity index (χ3n) is 2.55. The fraction of sp³-hybridized carbons (Fsp3) is 0.167. The maximum Gasteiger partial charge on any atom is 0.165 e. The van der Waals surface area contributed by atoms with Crippen molar-refractivity contribution >= 4 is 0 Å². The van der Waals surface area contributed by atoms with Crippen LogP contribution in [0.3, 0.4) is 0 Å². The predicted octanol–water partition coefficient (Wildman–Crippen LogP) is 1.18. The summed E-state index contributed by atoms with van der Waals surface area (Å²) in [6.07, 6.45) is 4.69. The van der Waals surface area contributed by atoms with E-state index in [0.29, 0.717) is 11.3 Å².